The molecule has 1 aliphatic heterocycles. The summed E-state index contributed by atoms with van der Waals surface area (Å²) in [5, 5.41) is 2.82. The number of amides is 3. The third-order valence-electron chi connectivity index (χ3n) is 5.82. The number of rotatable bonds is 19. The molecule has 1 fully saturated rings. The van der Waals surface area contributed by atoms with Crippen LogP contribution in [0.1, 0.15) is 122 Å². The molecule has 5 nitrogen and oxygen atoms in total. The molecule has 0 aliphatic carbocycles. The fourth-order valence-corrected chi connectivity index (χ4v) is 3.92. The van der Waals surface area contributed by atoms with Crippen LogP contribution in [0.25, 0.3) is 0 Å². The molecule has 0 spiro atoms. The van der Waals surface area contributed by atoms with E-state index >= 15 is 0 Å². The summed E-state index contributed by atoms with van der Waals surface area (Å²) in [6.45, 7) is 2.95. The minimum absolute atomic E-state index is 0.0267. The van der Waals surface area contributed by atoms with E-state index in [2.05, 4.69) is 12.2 Å². The summed E-state index contributed by atoms with van der Waals surface area (Å²) in [5.74, 6) is -0.211. The Kier molecular flexibility index (Phi) is 15.4. The molecule has 0 aromatic carbocycles. The molecule has 1 heterocycles. The minimum Gasteiger partial charge on any atom is -0.354 e. The van der Waals surface area contributed by atoms with Crippen molar-refractivity contribution in [2.75, 3.05) is 13.1 Å². The van der Waals surface area contributed by atoms with Crippen LogP contribution in [0.5, 0.6) is 0 Å². The van der Waals surface area contributed by atoms with Gasteiger partial charge in [-0.2, -0.15) is 0 Å². The molecule has 0 bridgehead atoms. The zero-order valence-corrected chi connectivity index (χ0v) is 18.8. The molecule has 1 aliphatic rings. The van der Waals surface area contributed by atoms with Crippen LogP contribution in [0.15, 0.2) is 0 Å². The number of unbranched alkanes of at least 4 members (excludes halogenated alkanes) is 14. The molecular formula is C24H44N2O3. The Hall–Kier alpha value is -1.39. The lowest BCUT2D eigenvalue weighted by Gasteiger charge is -2.13. The number of nitrogens with zero attached hydrogens (tertiary/aromatic N) is 1. The standard InChI is InChI=1S/C24H44N2O3/c1-2-3-4-5-6-7-8-9-10-11-12-13-14-15-16-17-22(27)25-20-21-26-23(28)18-19-24(26)29/h2-21H2,1H3,(H,25,27). The van der Waals surface area contributed by atoms with E-state index in [1.807, 2.05) is 0 Å². The van der Waals surface area contributed by atoms with Crippen molar-refractivity contribution in [3.05, 3.63) is 0 Å². The van der Waals surface area contributed by atoms with Crippen molar-refractivity contribution in [2.45, 2.75) is 122 Å². The van der Waals surface area contributed by atoms with Crippen LogP contribution in [0.3, 0.4) is 0 Å². The van der Waals surface area contributed by atoms with Gasteiger partial charge in [0.05, 0.1) is 0 Å². The average molecular weight is 409 g/mol. The Morgan fingerprint density at radius 2 is 1.14 bits per heavy atom. The SMILES string of the molecule is CCCCCCCCCCCCCCCCCC(=O)NCCN1C(=O)CCC1=O. The van der Waals surface area contributed by atoms with Crippen molar-refractivity contribution in [3.63, 3.8) is 0 Å². The van der Waals surface area contributed by atoms with Gasteiger partial charge in [0.2, 0.25) is 17.7 Å². The van der Waals surface area contributed by atoms with Gasteiger partial charge in [0.1, 0.15) is 0 Å². The molecule has 168 valence electrons. The first-order valence-corrected chi connectivity index (χ1v) is 12.2. The Morgan fingerprint density at radius 3 is 1.59 bits per heavy atom. The van der Waals surface area contributed by atoms with Gasteiger partial charge in [-0.15, -0.1) is 0 Å². The molecular weight excluding hydrogens is 364 g/mol. The van der Waals surface area contributed by atoms with Gasteiger partial charge in [0.25, 0.3) is 0 Å². The van der Waals surface area contributed by atoms with Crippen molar-refractivity contribution >= 4 is 17.7 Å². The van der Waals surface area contributed by atoms with E-state index in [1.165, 1.54) is 88.4 Å². The zero-order chi connectivity index (χ0) is 21.2. The highest BCUT2D eigenvalue weighted by Crippen LogP contribution is 2.14. The number of carbonyl (C=O) groups is 3. The predicted octanol–water partition coefficient (Wildman–Crippen LogP) is 5.51. The van der Waals surface area contributed by atoms with Crippen molar-refractivity contribution in [1.82, 2.24) is 10.2 Å². The van der Waals surface area contributed by atoms with Crippen LogP contribution in [-0.4, -0.2) is 35.7 Å². The summed E-state index contributed by atoms with van der Waals surface area (Å²) in [6, 6.07) is 0. The van der Waals surface area contributed by atoms with Crippen molar-refractivity contribution in [2.24, 2.45) is 0 Å². The fourth-order valence-electron chi connectivity index (χ4n) is 3.92. The normalized spacial score (nSPS) is 14.0. The molecule has 0 saturated carbocycles. The quantitative estimate of drug-likeness (QED) is 0.226. The number of nitrogens with one attached hydrogen (secondary N) is 1. The predicted molar refractivity (Wildman–Crippen MR) is 119 cm³/mol. The minimum atomic E-state index is -0.119. The van der Waals surface area contributed by atoms with Gasteiger partial charge < -0.3 is 5.32 Å². The van der Waals surface area contributed by atoms with Crippen LogP contribution < -0.4 is 5.32 Å². The van der Waals surface area contributed by atoms with Crippen molar-refractivity contribution in [3.8, 4) is 0 Å². The second-order valence-electron chi connectivity index (χ2n) is 8.49. The number of hydrogen-bond acceptors (Lipinski definition) is 3. The van der Waals surface area contributed by atoms with Gasteiger partial charge in [-0.3, -0.25) is 19.3 Å². The van der Waals surface area contributed by atoms with E-state index in [-0.39, 0.29) is 17.7 Å². The third kappa shape index (κ3) is 13.5. The second kappa shape index (κ2) is 17.5. The van der Waals surface area contributed by atoms with E-state index in [0.717, 1.165) is 12.8 Å². The first kappa shape index (κ1) is 25.6. The molecule has 3 amide bonds. The topological polar surface area (TPSA) is 66.5 Å². The largest absolute Gasteiger partial charge is 0.354 e. The second-order valence-corrected chi connectivity index (χ2v) is 8.49. The van der Waals surface area contributed by atoms with E-state index in [1.54, 1.807) is 0 Å². The number of carbonyl (C=O) groups excluding carboxylic acids is 3. The van der Waals surface area contributed by atoms with Crippen LogP contribution in [0.4, 0.5) is 0 Å². The first-order valence-electron chi connectivity index (χ1n) is 12.2. The van der Waals surface area contributed by atoms with Crippen LogP contribution in [-0.2, 0) is 14.4 Å². The lowest BCUT2D eigenvalue weighted by atomic mass is 10.0. The van der Waals surface area contributed by atoms with Gasteiger partial charge in [-0.05, 0) is 6.42 Å². The first-order chi connectivity index (χ1) is 14.1. The zero-order valence-electron chi connectivity index (χ0n) is 18.8. The highest BCUT2D eigenvalue weighted by Gasteiger charge is 2.28. The Bertz CT molecular complexity index is 449. The fraction of sp³-hybridized carbons (Fsp3) is 0.875. The smallest absolute Gasteiger partial charge is 0.229 e. The van der Waals surface area contributed by atoms with Crippen molar-refractivity contribution < 1.29 is 14.4 Å². The molecule has 0 radical (unpaired) electrons. The Morgan fingerprint density at radius 1 is 0.724 bits per heavy atom. The molecule has 0 atom stereocenters. The molecule has 0 aromatic rings. The number of imide groups is 1. The number of hydrogen-bond donors (Lipinski definition) is 1. The lowest BCUT2D eigenvalue weighted by molar-refractivity contribution is -0.138. The van der Waals surface area contributed by atoms with E-state index < -0.39 is 0 Å². The highest BCUT2D eigenvalue weighted by molar-refractivity contribution is 6.01. The van der Waals surface area contributed by atoms with Crippen LogP contribution in [0, 0.1) is 0 Å². The molecule has 1 N–H and O–H groups in total. The summed E-state index contributed by atoms with van der Waals surface area (Å²) < 4.78 is 0. The Balaban J connectivity index is 1.78. The highest BCUT2D eigenvalue weighted by atomic mass is 16.2. The summed E-state index contributed by atoms with van der Waals surface area (Å²) in [4.78, 5) is 36.0. The monoisotopic (exact) mass is 408 g/mol. The Labute approximate surface area is 178 Å². The number of likely N-dealkylation sites (tertiary alicyclic amines) is 1. The van der Waals surface area contributed by atoms with E-state index in [4.69, 9.17) is 0 Å². The lowest BCUT2D eigenvalue weighted by Crippen LogP contribution is -2.37. The van der Waals surface area contributed by atoms with E-state index in [0.29, 0.717) is 32.4 Å². The molecule has 0 unspecified atom stereocenters. The molecule has 0 aromatic heterocycles. The van der Waals surface area contributed by atoms with Crippen LogP contribution in [0.2, 0.25) is 0 Å². The van der Waals surface area contributed by atoms with Crippen molar-refractivity contribution in [1.29, 1.82) is 0 Å². The maximum absolute atomic E-state index is 11.8. The maximum Gasteiger partial charge on any atom is 0.229 e. The van der Waals surface area contributed by atoms with Gasteiger partial charge in [0, 0.05) is 32.4 Å². The van der Waals surface area contributed by atoms with Gasteiger partial charge in [-0.25, -0.2) is 0 Å². The molecule has 5 heteroatoms. The molecule has 1 saturated heterocycles. The average Bonchev–Trinajstić information content (AvgIpc) is 3.03. The summed E-state index contributed by atoms with van der Waals surface area (Å²) in [6.07, 6.45) is 20.9. The van der Waals surface area contributed by atoms with Crippen LogP contribution >= 0.6 is 0 Å². The van der Waals surface area contributed by atoms with E-state index in [9.17, 15) is 14.4 Å². The summed E-state index contributed by atoms with van der Waals surface area (Å²) in [7, 11) is 0. The maximum atomic E-state index is 11.8. The molecule has 1 rings (SSSR count). The molecule has 29 heavy (non-hydrogen) atoms. The summed E-state index contributed by atoms with van der Waals surface area (Å²) in [5.41, 5.74) is 0. The summed E-state index contributed by atoms with van der Waals surface area (Å²) >= 11 is 0. The third-order valence-corrected chi connectivity index (χ3v) is 5.82. The van der Waals surface area contributed by atoms with Gasteiger partial charge in [-0.1, -0.05) is 96.8 Å². The van der Waals surface area contributed by atoms with Gasteiger partial charge >= 0.3 is 0 Å². The van der Waals surface area contributed by atoms with Gasteiger partial charge in [0.15, 0.2) is 0 Å².